The van der Waals surface area contributed by atoms with Crippen molar-refractivity contribution in [3.63, 3.8) is 0 Å². The molecule has 0 fully saturated rings. The lowest BCUT2D eigenvalue weighted by Crippen LogP contribution is -2.15. The molecular weight excluding hydrogens is 316 g/mol. The van der Waals surface area contributed by atoms with E-state index in [2.05, 4.69) is 4.72 Å². The Hall–Kier alpha value is -2.72. The first-order chi connectivity index (χ1) is 10.9. The number of nitriles is 1. The summed E-state index contributed by atoms with van der Waals surface area (Å²) < 4.78 is 38.0. The van der Waals surface area contributed by atoms with Crippen LogP contribution in [0.25, 0.3) is 0 Å². The smallest absolute Gasteiger partial charge is 0.263 e. The summed E-state index contributed by atoms with van der Waals surface area (Å²) in [7, 11) is -0.990. The number of ether oxygens (including phenoxy) is 2. The highest BCUT2D eigenvalue weighted by Crippen LogP contribution is 2.34. The summed E-state index contributed by atoms with van der Waals surface area (Å²) in [5, 5.41) is 9.08. The van der Waals surface area contributed by atoms with Crippen molar-refractivity contribution in [2.45, 2.75) is 11.8 Å². The maximum absolute atomic E-state index is 12.6. The summed E-state index contributed by atoms with van der Waals surface area (Å²) >= 11 is 0. The first-order valence-corrected chi connectivity index (χ1v) is 8.16. The van der Waals surface area contributed by atoms with Gasteiger partial charge < -0.3 is 9.47 Å². The second-order valence-electron chi connectivity index (χ2n) is 4.74. The van der Waals surface area contributed by atoms with Crippen LogP contribution in [0.4, 0.5) is 5.69 Å². The number of nitrogens with zero attached hydrogens (tertiary/aromatic N) is 1. The Kier molecular flexibility index (Phi) is 4.77. The van der Waals surface area contributed by atoms with Gasteiger partial charge in [0.1, 0.15) is 22.5 Å². The van der Waals surface area contributed by atoms with Crippen LogP contribution >= 0.6 is 0 Å². The fraction of sp³-hybridized carbons (Fsp3) is 0.188. The standard InChI is InChI=1S/C16H16N2O4S/c1-11-8-15(22-3)13(9-14(11)21-2)18-23(19,20)16-7-5-4-6-12(16)10-17/h4-9,18H,1-3H3. The SMILES string of the molecule is COc1cc(NS(=O)(=O)c2ccccc2C#N)c(OC)cc1C. The number of hydrogen-bond acceptors (Lipinski definition) is 5. The zero-order valence-electron chi connectivity index (χ0n) is 13.0. The molecule has 0 aliphatic rings. The fourth-order valence-electron chi connectivity index (χ4n) is 2.12. The average Bonchev–Trinajstić information content (AvgIpc) is 2.55. The molecule has 7 heteroatoms. The number of methoxy groups -OCH3 is 2. The minimum atomic E-state index is -3.93. The molecule has 0 unspecified atom stereocenters. The number of anilines is 1. The van der Waals surface area contributed by atoms with Crippen LogP contribution in [0.2, 0.25) is 0 Å². The molecule has 2 rings (SSSR count). The highest BCUT2D eigenvalue weighted by Gasteiger charge is 2.21. The van der Waals surface area contributed by atoms with Gasteiger partial charge in [0, 0.05) is 6.07 Å². The zero-order chi connectivity index (χ0) is 17.0. The number of nitrogens with one attached hydrogen (secondary N) is 1. The average molecular weight is 332 g/mol. The number of rotatable bonds is 5. The summed E-state index contributed by atoms with van der Waals surface area (Å²) in [4.78, 5) is -0.0934. The Bertz CT molecular complexity index is 870. The molecule has 0 aromatic heterocycles. The summed E-state index contributed by atoms with van der Waals surface area (Å²) in [6, 6.07) is 11.1. The Morgan fingerprint density at radius 2 is 1.74 bits per heavy atom. The molecule has 0 saturated heterocycles. The van der Waals surface area contributed by atoms with E-state index in [0.717, 1.165) is 5.56 Å². The summed E-state index contributed by atoms with van der Waals surface area (Å²) in [5.41, 5.74) is 1.12. The lowest BCUT2D eigenvalue weighted by molar-refractivity contribution is 0.402. The third-order valence-electron chi connectivity index (χ3n) is 3.26. The van der Waals surface area contributed by atoms with Crippen molar-refractivity contribution >= 4 is 15.7 Å². The number of benzene rings is 2. The van der Waals surface area contributed by atoms with E-state index in [1.807, 2.05) is 13.0 Å². The van der Waals surface area contributed by atoms with Crippen molar-refractivity contribution in [1.82, 2.24) is 0 Å². The van der Waals surface area contributed by atoms with Gasteiger partial charge in [-0.25, -0.2) is 8.42 Å². The third-order valence-corrected chi connectivity index (χ3v) is 4.68. The quantitative estimate of drug-likeness (QED) is 0.909. The van der Waals surface area contributed by atoms with Crippen LogP contribution in [0, 0.1) is 18.3 Å². The van der Waals surface area contributed by atoms with Gasteiger partial charge >= 0.3 is 0 Å². The van der Waals surface area contributed by atoms with E-state index in [9.17, 15) is 8.42 Å². The lowest BCUT2D eigenvalue weighted by Gasteiger charge is -2.15. The Morgan fingerprint density at radius 3 is 2.35 bits per heavy atom. The molecule has 0 amide bonds. The third kappa shape index (κ3) is 3.38. The van der Waals surface area contributed by atoms with Crippen LogP contribution in [-0.2, 0) is 10.0 Å². The largest absolute Gasteiger partial charge is 0.496 e. The van der Waals surface area contributed by atoms with Crippen molar-refractivity contribution in [2.24, 2.45) is 0 Å². The number of hydrogen-bond donors (Lipinski definition) is 1. The molecule has 23 heavy (non-hydrogen) atoms. The molecule has 2 aromatic rings. The molecule has 0 spiro atoms. The molecule has 0 aliphatic carbocycles. The van der Waals surface area contributed by atoms with Gasteiger partial charge in [0.25, 0.3) is 10.0 Å². The van der Waals surface area contributed by atoms with Crippen molar-refractivity contribution in [2.75, 3.05) is 18.9 Å². The predicted molar refractivity (Wildman–Crippen MR) is 86.2 cm³/mol. The van der Waals surface area contributed by atoms with E-state index in [0.29, 0.717) is 11.5 Å². The predicted octanol–water partition coefficient (Wildman–Crippen LogP) is 2.68. The molecular formula is C16H16N2O4S. The molecule has 1 N–H and O–H groups in total. The molecule has 6 nitrogen and oxygen atoms in total. The van der Waals surface area contributed by atoms with E-state index < -0.39 is 10.0 Å². The van der Waals surface area contributed by atoms with Crippen LogP contribution in [-0.4, -0.2) is 22.6 Å². The molecule has 0 heterocycles. The van der Waals surface area contributed by atoms with Gasteiger partial charge in [0.2, 0.25) is 0 Å². The second-order valence-corrected chi connectivity index (χ2v) is 6.39. The van der Waals surface area contributed by atoms with Gasteiger partial charge in [-0.3, -0.25) is 4.72 Å². The molecule has 2 aromatic carbocycles. The minimum absolute atomic E-state index is 0.0676. The summed E-state index contributed by atoms with van der Waals surface area (Å²) in [5.74, 6) is 0.887. The van der Waals surface area contributed by atoms with E-state index in [4.69, 9.17) is 14.7 Å². The highest BCUT2D eigenvalue weighted by molar-refractivity contribution is 7.92. The second kappa shape index (κ2) is 6.58. The maximum Gasteiger partial charge on any atom is 0.263 e. The van der Waals surface area contributed by atoms with Gasteiger partial charge in [0.15, 0.2) is 0 Å². The van der Waals surface area contributed by atoms with Crippen LogP contribution < -0.4 is 14.2 Å². The Balaban J connectivity index is 2.51. The molecule has 0 atom stereocenters. The van der Waals surface area contributed by atoms with Crippen molar-refractivity contribution in [3.8, 4) is 17.6 Å². The van der Waals surface area contributed by atoms with Crippen molar-refractivity contribution in [1.29, 1.82) is 5.26 Å². The normalized spacial score (nSPS) is 10.7. The maximum atomic E-state index is 12.6. The van der Waals surface area contributed by atoms with E-state index in [-0.39, 0.29) is 16.1 Å². The molecule has 120 valence electrons. The van der Waals surface area contributed by atoms with E-state index in [1.165, 1.54) is 26.4 Å². The Morgan fingerprint density at radius 1 is 1.09 bits per heavy atom. The zero-order valence-corrected chi connectivity index (χ0v) is 13.8. The summed E-state index contributed by atoms with van der Waals surface area (Å²) in [6.45, 7) is 1.82. The van der Waals surface area contributed by atoms with E-state index >= 15 is 0 Å². The van der Waals surface area contributed by atoms with Crippen LogP contribution in [0.1, 0.15) is 11.1 Å². The first-order valence-electron chi connectivity index (χ1n) is 6.67. The van der Waals surface area contributed by atoms with Crippen molar-refractivity contribution < 1.29 is 17.9 Å². The van der Waals surface area contributed by atoms with Crippen LogP contribution in [0.5, 0.6) is 11.5 Å². The van der Waals surface area contributed by atoms with Crippen LogP contribution in [0.3, 0.4) is 0 Å². The monoisotopic (exact) mass is 332 g/mol. The molecule has 0 aliphatic heterocycles. The van der Waals surface area contributed by atoms with E-state index in [1.54, 1.807) is 24.3 Å². The highest BCUT2D eigenvalue weighted by atomic mass is 32.2. The van der Waals surface area contributed by atoms with Gasteiger partial charge in [-0.1, -0.05) is 12.1 Å². The van der Waals surface area contributed by atoms with Gasteiger partial charge in [-0.15, -0.1) is 0 Å². The topological polar surface area (TPSA) is 88.4 Å². The molecule has 0 bridgehead atoms. The van der Waals surface area contributed by atoms with Gasteiger partial charge in [-0.2, -0.15) is 5.26 Å². The number of sulfonamides is 1. The summed E-state index contributed by atoms with van der Waals surface area (Å²) in [6.07, 6.45) is 0. The first kappa shape index (κ1) is 16.6. The van der Waals surface area contributed by atoms with Crippen LogP contribution in [0.15, 0.2) is 41.3 Å². The lowest BCUT2D eigenvalue weighted by atomic mass is 10.2. The number of aryl methyl sites for hydroxylation is 1. The van der Waals surface area contributed by atoms with Crippen molar-refractivity contribution in [3.05, 3.63) is 47.5 Å². The van der Waals surface area contributed by atoms with Gasteiger partial charge in [-0.05, 0) is 30.7 Å². The minimum Gasteiger partial charge on any atom is -0.496 e. The molecule has 0 radical (unpaired) electrons. The molecule has 0 saturated carbocycles. The van der Waals surface area contributed by atoms with Gasteiger partial charge in [0.05, 0.1) is 25.5 Å². The Labute approximate surface area is 135 Å². The fourth-order valence-corrected chi connectivity index (χ4v) is 3.34.